The predicted octanol–water partition coefficient (Wildman–Crippen LogP) is 3.18. The summed E-state index contributed by atoms with van der Waals surface area (Å²) >= 11 is 1.40. The van der Waals surface area contributed by atoms with Crippen molar-refractivity contribution in [2.24, 2.45) is 0 Å². The third-order valence-corrected chi connectivity index (χ3v) is 5.07. The number of aryl methyl sites for hydroxylation is 1. The lowest BCUT2D eigenvalue weighted by Gasteiger charge is -2.06. The van der Waals surface area contributed by atoms with E-state index in [1.54, 1.807) is 6.07 Å². The molecule has 136 valence electrons. The topological polar surface area (TPSA) is 92.7 Å². The summed E-state index contributed by atoms with van der Waals surface area (Å²) < 4.78 is 1.11. The molecule has 1 amide bonds. The number of H-pyrrole nitrogens is 1. The van der Waals surface area contributed by atoms with Gasteiger partial charge in [-0.3, -0.25) is 20.1 Å². The number of thiophene rings is 1. The minimum atomic E-state index is -0.464. The van der Waals surface area contributed by atoms with Crippen LogP contribution in [-0.2, 0) is 6.42 Å². The van der Waals surface area contributed by atoms with E-state index in [0.717, 1.165) is 34.3 Å². The molecule has 2 N–H and O–H groups in total. The Morgan fingerprint density at radius 3 is 2.89 bits per heavy atom. The lowest BCUT2D eigenvalue weighted by Crippen LogP contribution is -2.33. The van der Waals surface area contributed by atoms with E-state index in [2.05, 4.69) is 20.6 Å². The van der Waals surface area contributed by atoms with Gasteiger partial charge in [0.2, 0.25) is 0 Å². The first kappa shape index (κ1) is 17.2. The lowest BCUT2D eigenvalue weighted by molar-refractivity contribution is 0.100. The van der Waals surface area contributed by atoms with E-state index in [9.17, 15) is 9.59 Å². The van der Waals surface area contributed by atoms with Gasteiger partial charge in [0, 0.05) is 16.6 Å². The number of aromatic nitrogens is 4. The van der Waals surface area contributed by atoms with E-state index in [1.807, 2.05) is 42.6 Å². The zero-order valence-corrected chi connectivity index (χ0v) is 15.4. The Morgan fingerprint density at radius 2 is 2.11 bits per heavy atom. The van der Waals surface area contributed by atoms with Gasteiger partial charge in [0.05, 0.1) is 5.39 Å². The summed E-state index contributed by atoms with van der Waals surface area (Å²) in [6, 6.07) is 11.3. The quantitative estimate of drug-likeness (QED) is 0.557. The second kappa shape index (κ2) is 7.16. The van der Waals surface area contributed by atoms with E-state index in [1.165, 1.54) is 17.7 Å². The van der Waals surface area contributed by atoms with E-state index in [0.29, 0.717) is 10.2 Å². The van der Waals surface area contributed by atoms with Gasteiger partial charge in [0.25, 0.3) is 11.5 Å². The summed E-state index contributed by atoms with van der Waals surface area (Å²) in [5, 5.41) is 9.24. The van der Waals surface area contributed by atoms with Gasteiger partial charge < -0.3 is 0 Å². The number of aromatic amines is 1. The van der Waals surface area contributed by atoms with E-state index in [-0.39, 0.29) is 11.3 Å². The first-order valence-electron chi connectivity index (χ1n) is 8.57. The van der Waals surface area contributed by atoms with Crippen LogP contribution in [0.3, 0.4) is 0 Å². The van der Waals surface area contributed by atoms with Crippen molar-refractivity contribution in [1.82, 2.24) is 19.9 Å². The number of carbonyl (C=O) groups is 1. The smallest absolute Gasteiger partial charge is 0.282 e. The van der Waals surface area contributed by atoms with Crippen molar-refractivity contribution in [3.8, 4) is 11.1 Å². The third kappa shape index (κ3) is 3.26. The number of hydrogen-bond acceptors (Lipinski definition) is 5. The fraction of sp³-hybridized carbons (Fsp3) is 0.158. The van der Waals surface area contributed by atoms with Gasteiger partial charge in [-0.15, -0.1) is 11.3 Å². The number of fused-ring (bicyclic) bond motifs is 1. The Morgan fingerprint density at radius 1 is 1.30 bits per heavy atom. The molecule has 3 aromatic heterocycles. The lowest BCUT2D eigenvalue weighted by atomic mass is 10.1. The molecule has 0 spiro atoms. The van der Waals surface area contributed by atoms with Crippen LogP contribution in [0.25, 0.3) is 21.3 Å². The monoisotopic (exact) mass is 379 g/mol. The highest BCUT2D eigenvalue weighted by molar-refractivity contribution is 7.17. The molecule has 0 aliphatic heterocycles. The maximum Gasteiger partial charge on any atom is 0.290 e. The summed E-state index contributed by atoms with van der Waals surface area (Å²) in [5.74, 6) is -0.464. The first-order valence-corrected chi connectivity index (χ1v) is 9.45. The summed E-state index contributed by atoms with van der Waals surface area (Å²) in [7, 11) is 0. The third-order valence-electron chi connectivity index (χ3n) is 4.18. The van der Waals surface area contributed by atoms with E-state index in [4.69, 9.17) is 0 Å². The van der Waals surface area contributed by atoms with Gasteiger partial charge in [-0.1, -0.05) is 43.7 Å². The molecule has 0 saturated carbocycles. The van der Waals surface area contributed by atoms with E-state index < -0.39 is 5.91 Å². The maximum atomic E-state index is 12.9. The van der Waals surface area contributed by atoms with Crippen LogP contribution < -0.4 is 11.0 Å². The number of nitrogens with one attached hydrogen (secondary N) is 2. The van der Waals surface area contributed by atoms with Gasteiger partial charge in [-0.2, -0.15) is 5.10 Å². The average molecular weight is 379 g/mol. The molecule has 0 fully saturated rings. The summed E-state index contributed by atoms with van der Waals surface area (Å²) in [5.41, 5.74) is 5.10. The molecule has 0 saturated heterocycles. The molecule has 0 atom stereocenters. The summed E-state index contributed by atoms with van der Waals surface area (Å²) in [6.07, 6.45) is 3.08. The number of rotatable bonds is 5. The molecular weight excluding hydrogens is 362 g/mol. The second-order valence-electron chi connectivity index (χ2n) is 6.08. The zero-order chi connectivity index (χ0) is 18.8. The Balaban J connectivity index is 1.69. The highest BCUT2D eigenvalue weighted by Gasteiger charge is 2.16. The molecule has 0 aliphatic rings. The van der Waals surface area contributed by atoms with Gasteiger partial charge in [0.15, 0.2) is 5.69 Å². The predicted molar refractivity (Wildman–Crippen MR) is 106 cm³/mol. The van der Waals surface area contributed by atoms with Crippen molar-refractivity contribution in [1.29, 1.82) is 0 Å². The molecule has 3 heterocycles. The van der Waals surface area contributed by atoms with Gasteiger partial charge in [0.1, 0.15) is 11.2 Å². The zero-order valence-electron chi connectivity index (χ0n) is 14.6. The minimum Gasteiger partial charge on any atom is -0.282 e. The highest BCUT2D eigenvalue weighted by atomic mass is 32.1. The van der Waals surface area contributed by atoms with Crippen LogP contribution in [0.4, 0.5) is 0 Å². The van der Waals surface area contributed by atoms with Gasteiger partial charge in [-0.25, -0.2) is 9.66 Å². The second-order valence-corrected chi connectivity index (χ2v) is 6.94. The summed E-state index contributed by atoms with van der Waals surface area (Å²) in [6.45, 7) is 2.05. The van der Waals surface area contributed by atoms with Crippen LogP contribution in [0.15, 0.2) is 52.9 Å². The number of hydrogen-bond donors (Lipinski definition) is 2. The molecule has 27 heavy (non-hydrogen) atoms. The molecule has 4 rings (SSSR count). The van der Waals surface area contributed by atoms with Crippen LogP contribution >= 0.6 is 11.3 Å². The Labute approximate surface area is 158 Å². The number of benzene rings is 1. The van der Waals surface area contributed by atoms with Crippen LogP contribution in [-0.4, -0.2) is 25.8 Å². The van der Waals surface area contributed by atoms with Crippen LogP contribution in [0.1, 0.15) is 29.5 Å². The minimum absolute atomic E-state index is 0.235. The van der Waals surface area contributed by atoms with Crippen molar-refractivity contribution >= 4 is 27.5 Å². The molecule has 4 aromatic rings. The number of carbonyl (C=O) groups excluding carboxylic acids is 1. The SMILES string of the molecule is CCCc1cc(C(=O)Nn2cnc3scc(-c4ccccc4)c3c2=O)n[nH]1. The Bertz CT molecular complexity index is 1160. The maximum absolute atomic E-state index is 12.9. The molecule has 1 aromatic carbocycles. The summed E-state index contributed by atoms with van der Waals surface area (Å²) in [4.78, 5) is 30.3. The molecule has 0 bridgehead atoms. The van der Waals surface area contributed by atoms with E-state index >= 15 is 0 Å². The molecule has 0 aliphatic carbocycles. The standard InChI is InChI=1S/C19H17N5O2S/c1-2-6-13-9-15(22-21-13)17(25)23-24-11-20-18-16(19(24)26)14(10-27-18)12-7-4-3-5-8-12/h3-5,7-11H,2,6H2,1H3,(H,21,22)(H,23,25). The Hall–Kier alpha value is -3.26. The van der Waals surface area contributed by atoms with Crippen molar-refractivity contribution in [2.45, 2.75) is 19.8 Å². The Kier molecular flexibility index (Phi) is 4.55. The van der Waals surface area contributed by atoms with Crippen molar-refractivity contribution in [2.75, 3.05) is 5.43 Å². The van der Waals surface area contributed by atoms with Crippen LogP contribution in [0.2, 0.25) is 0 Å². The first-order chi connectivity index (χ1) is 13.2. The van der Waals surface area contributed by atoms with Crippen molar-refractivity contribution in [3.05, 3.63) is 69.8 Å². The highest BCUT2D eigenvalue weighted by Crippen LogP contribution is 2.30. The van der Waals surface area contributed by atoms with Crippen LogP contribution in [0, 0.1) is 0 Å². The fourth-order valence-electron chi connectivity index (χ4n) is 2.88. The normalized spacial score (nSPS) is 11.0. The number of amides is 1. The largest absolute Gasteiger partial charge is 0.290 e. The van der Waals surface area contributed by atoms with Gasteiger partial charge in [-0.05, 0) is 18.1 Å². The molecule has 7 nitrogen and oxygen atoms in total. The van der Waals surface area contributed by atoms with Gasteiger partial charge >= 0.3 is 0 Å². The molecule has 0 radical (unpaired) electrons. The fourth-order valence-corrected chi connectivity index (χ4v) is 3.79. The van der Waals surface area contributed by atoms with Crippen molar-refractivity contribution in [3.63, 3.8) is 0 Å². The molecule has 0 unspecified atom stereocenters. The number of nitrogens with zero attached hydrogens (tertiary/aromatic N) is 3. The molecular formula is C19H17N5O2S. The van der Waals surface area contributed by atoms with Crippen LogP contribution in [0.5, 0.6) is 0 Å². The van der Waals surface area contributed by atoms with Crippen molar-refractivity contribution < 1.29 is 4.79 Å². The molecule has 8 heteroatoms. The average Bonchev–Trinajstić information content (AvgIpc) is 3.32.